The number of benzene rings is 1. The lowest BCUT2D eigenvalue weighted by Gasteiger charge is -2.25. The first-order valence-corrected chi connectivity index (χ1v) is 14.0. The maximum absolute atomic E-state index is 13.7. The first kappa shape index (κ1) is 29.6. The number of aliphatic hydroxyl groups is 1. The summed E-state index contributed by atoms with van der Waals surface area (Å²) in [7, 11) is -4.12. The van der Waals surface area contributed by atoms with E-state index < -0.39 is 59.8 Å². The lowest BCUT2D eigenvalue weighted by atomic mass is 10.2. The van der Waals surface area contributed by atoms with Gasteiger partial charge in [0.05, 0.1) is 12.5 Å². The third kappa shape index (κ3) is 7.53. The number of halogens is 2. The van der Waals surface area contributed by atoms with Gasteiger partial charge >= 0.3 is 19.4 Å². The molecule has 2 heterocycles. The van der Waals surface area contributed by atoms with E-state index in [1.807, 2.05) is 0 Å². The fraction of sp³-hybridized carbons (Fsp3) is 0.500. The minimum Gasteiger partial charge on any atom is -0.464 e. The van der Waals surface area contributed by atoms with Crippen molar-refractivity contribution in [3.63, 3.8) is 0 Å². The summed E-state index contributed by atoms with van der Waals surface area (Å²) in [6.45, 7) is 4.43. The Kier molecular flexibility index (Phi) is 9.79. The van der Waals surface area contributed by atoms with Gasteiger partial charge in [0.2, 0.25) is 0 Å². The highest BCUT2D eigenvalue weighted by molar-refractivity contribution is 9.10. The molecule has 1 aliphatic heterocycles. The van der Waals surface area contributed by atoms with E-state index in [9.17, 15) is 24.1 Å². The molecule has 0 spiro atoms. The molecule has 0 amide bonds. The van der Waals surface area contributed by atoms with E-state index in [4.69, 9.17) is 30.1 Å². The number of aromatic nitrogens is 2. The Hall–Kier alpha value is -1.99. The minimum absolute atomic E-state index is 0.103. The van der Waals surface area contributed by atoms with Gasteiger partial charge in [0.1, 0.15) is 24.6 Å². The number of aromatic amines is 1. The molecule has 6 atom stereocenters. The van der Waals surface area contributed by atoms with Gasteiger partial charge in [-0.1, -0.05) is 59.6 Å². The Bertz CT molecular complexity index is 1240. The molecule has 0 aliphatic carbocycles. The van der Waals surface area contributed by atoms with Crippen LogP contribution >= 0.6 is 35.3 Å². The van der Waals surface area contributed by atoms with Crippen molar-refractivity contribution in [2.75, 3.05) is 13.2 Å². The van der Waals surface area contributed by atoms with Crippen LogP contribution in [-0.4, -0.2) is 55.9 Å². The van der Waals surface area contributed by atoms with Crippen molar-refractivity contribution in [3.8, 4) is 5.75 Å². The molecule has 0 bridgehead atoms. The van der Waals surface area contributed by atoms with Crippen LogP contribution in [0, 0.1) is 5.92 Å². The number of carbonyl (C=O) groups is 1. The van der Waals surface area contributed by atoms with Gasteiger partial charge < -0.3 is 19.1 Å². The van der Waals surface area contributed by atoms with Gasteiger partial charge in [-0.05, 0) is 19.1 Å². The predicted octanol–water partition coefficient (Wildman–Crippen LogP) is 2.51. The fourth-order valence-corrected chi connectivity index (χ4v) is 5.74. The van der Waals surface area contributed by atoms with Crippen LogP contribution in [-0.2, 0) is 23.4 Å². The van der Waals surface area contributed by atoms with Crippen molar-refractivity contribution in [1.29, 1.82) is 0 Å². The number of para-hydroxylation sites is 1. The average molecular weight is 625 g/mol. The Morgan fingerprint density at radius 2 is 1.97 bits per heavy atom. The first-order valence-electron chi connectivity index (χ1n) is 11.3. The van der Waals surface area contributed by atoms with E-state index in [-0.39, 0.29) is 18.3 Å². The number of ether oxygens (including phenoxy) is 2. The van der Waals surface area contributed by atoms with Gasteiger partial charge in [0.15, 0.2) is 10.0 Å². The van der Waals surface area contributed by atoms with E-state index in [1.54, 1.807) is 51.1 Å². The number of nitrogens with zero attached hydrogens (tertiary/aromatic N) is 1. The monoisotopic (exact) mass is 623 g/mol. The topological polar surface area (TPSA) is 158 Å². The molecule has 204 valence electrons. The maximum Gasteiger partial charge on any atom is 0.459 e. The summed E-state index contributed by atoms with van der Waals surface area (Å²) in [5, 5.41) is 13.5. The third-order valence-electron chi connectivity index (χ3n) is 5.19. The molecule has 37 heavy (non-hydrogen) atoms. The van der Waals surface area contributed by atoms with Crippen LogP contribution in [0.3, 0.4) is 0 Å². The molecule has 1 aromatic heterocycles. The minimum atomic E-state index is -4.12. The van der Waals surface area contributed by atoms with Gasteiger partial charge in [0, 0.05) is 18.3 Å². The molecule has 0 saturated carbocycles. The normalized spacial score (nSPS) is 26.0. The maximum atomic E-state index is 13.7. The summed E-state index contributed by atoms with van der Waals surface area (Å²) >= 11 is 9.64. The zero-order chi connectivity index (χ0) is 27.4. The number of H-pyrrole nitrogens is 1. The molecule has 1 aromatic carbocycles. The summed E-state index contributed by atoms with van der Waals surface area (Å²) in [6.07, 6.45) is -2.68. The number of aliphatic hydroxyl groups excluding tert-OH is 1. The quantitative estimate of drug-likeness (QED) is 0.193. The zero-order valence-electron chi connectivity index (χ0n) is 20.2. The molecule has 0 radical (unpaired) electrons. The molecular weight excluding hydrogens is 597 g/mol. The number of esters is 1. The van der Waals surface area contributed by atoms with E-state index >= 15 is 0 Å². The summed E-state index contributed by atoms with van der Waals surface area (Å²) in [5.74, 6) is -0.516. The first-order chi connectivity index (χ1) is 17.3. The Morgan fingerprint density at radius 3 is 2.59 bits per heavy atom. The van der Waals surface area contributed by atoms with Crippen molar-refractivity contribution >= 4 is 41.2 Å². The Balaban J connectivity index is 1.75. The Labute approximate surface area is 225 Å². The largest absolute Gasteiger partial charge is 0.464 e. The molecule has 1 fully saturated rings. The van der Waals surface area contributed by atoms with Crippen LogP contribution < -0.4 is 20.9 Å². The van der Waals surface area contributed by atoms with Gasteiger partial charge in [-0.15, -0.1) is 0 Å². The SMILES string of the molecule is CC(C)C(=O)OC[C@H](C)N[P@@](=O)(OC[C@H]1O[C@@H](n2ccc(=O)[nH]c2=O)[C@](Cl)(Br)[C@@H]1O)Oc1ccccc1. The number of rotatable bonds is 11. The molecule has 2 aromatic rings. The molecule has 1 saturated heterocycles. The van der Waals surface area contributed by atoms with Crippen molar-refractivity contribution < 1.29 is 33.0 Å². The molecule has 15 heteroatoms. The van der Waals surface area contributed by atoms with Crippen molar-refractivity contribution in [2.24, 2.45) is 5.92 Å². The van der Waals surface area contributed by atoms with Crippen molar-refractivity contribution in [2.45, 2.75) is 49.0 Å². The lowest BCUT2D eigenvalue weighted by Crippen LogP contribution is -2.41. The number of hydrogen-bond acceptors (Lipinski definition) is 9. The molecular formula is C22H28BrClN3O9P. The highest BCUT2D eigenvalue weighted by Gasteiger charge is 2.55. The third-order valence-corrected chi connectivity index (χ3v) is 8.15. The lowest BCUT2D eigenvalue weighted by molar-refractivity contribution is -0.147. The highest BCUT2D eigenvalue weighted by Crippen LogP contribution is 2.50. The molecule has 0 unspecified atom stereocenters. The van der Waals surface area contributed by atoms with Crippen LogP contribution in [0.2, 0.25) is 0 Å². The summed E-state index contributed by atoms with van der Waals surface area (Å²) in [4.78, 5) is 37.5. The van der Waals surface area contributed by atoms with Crippen LogP contribution in [0.1, 0.15) is 27.0 Å². The smallest absolute Gasteiger partial charge is 0.459 e. The van der Waals surface area contributed by atoms with Crippen LogP contribution in [0.5, 0.6) is 5.75 Å². The van der Waals surface area contributed by atoms with Gasteiger partial charge in [-0.3, -0.25) is 23.7 Å². The molecule has 1 aliphatic rings. The summed E-state index contributed by atoms with van der Waals surface area (Å²) in [5.41, 5.74) is -1.42. The fourth-order valence-electron chi connectivity index (χ4n) is 3.28. The second-order valence-corrected chi connectivity index (χ2v) is 12.8. The Morgan fingerprint density at radius 1 is 1.30 bits per heavy atom. The van der Waals surface area contributed by atoms with E-state index in [1.165, 1.54) is 6.20 Å². The van der Waals surface area contributed by atoms with Gasteiger partial charge in [-0.25, -0.2) is 14.4 Å². The van der Waals surface area contributed by atoms with Crippen molar-refractivity contribution in [1.82, 2.24) is 14.6 Å². The number of alkyl halides is 2. The molecule has 12 nitrogen and oxygen atoms in total. The second-order valence-electron chi connectivity index (χ2n) is 8.68. The standard InChI is InChI=1S/C22H28BrClN3O9P/c1-13(2)19(30)33-11-14(3)26-37(32,36-15-7-5-4-6-8-15)34-12-16-18(29)22(23,24)20(35-16)27-10-9-17(28)25-21(27)31/h4-10,13-14,16,18,20,29H,11-12H2,1-3H3,(H,26,32)(H,25,28,31)/t14-,16+,18+,20+,22-,37+/m0/s1. The molecule has 3 rings (SSSR count). The van der Waals surface area contributed by atoms with E-state index in [0.717, 1.165) is 10.6 Å². The van der Waals surface area contributed by atoms with Crippen LogP contribution in [0.4, 0.5) is 0 Å². The van der Waals surface area contributed by atoms with Gasteiger partial charge in [-0.2, -0.15) is 0 Å². The summed E-state index contributed by atoms with van der Waals surface area (Å²) in [6, 6.07) is 8.71. The van der Waals surface area contributed by atoms with Crippen molar-refractivity contribution in [3.05, 3.63) is 63.4 Å². The summed E-state index contributed by atoms with van der Waals surface area (Å²) < 4.78 is 35.2. The van der Waals surface area contributed by atoms with Crippen LogP contribution in [0.15, 0.2) is 52.2 Å². The van der Waals surface area contributed by atoms with Gasteiger partial charge in [0.25, 0.3) is 5.56 Å². The van der Waals surface area contributed by atoms with Crippen LogP contribution in [0.25, 0.3) is 0 Å². The van der Waals surface area contributed by atoms with E-state index in [0.29, 0.717) is 0 Å². The number of carbonyl (C=O) groups excluding carboxylic acids is 1. The highest BCUT2D eigenvalue weighted by atomic mass is 79.9. The number of nitrogens with one attached hydrogen (secondary N) is 2. The zero-order valence-corrected chi connectivity index (χ0v) is 23.4. The molecule has 3 N–H and O–H groups in total. The second kappa shape index (κ2) is 12.2. The number of hydrogen-bond donors (Lipinski definition) is 3. The van der Waals surface area contributed by atoms with E-state index in [2.05, 4.69) is 26.0 Å². The average Bonchev–Trinajstić information content (AvgIpc) is 3.05. The predicted molar refractivity (Wildman–Crippen MR) is 138 cm³/mol.